The van der Waals surface area contributed by atoms with Crippen LogP contribution in [0.4, 0.5) is 9.59 Å². The monoisotopic (exact) mass is 430 g/mol. The number of amides is 2. The predicted octanol–water partition coefficient (Wildman–Crippen LogP) is 2.58. The van der Waals surface area contributed by atoms with Crippen molar-refractivity contribution in [2.24, 2.45) is 22.7 Å². The maximum atomic E-state index is 11.5. The lowest BCUT2D eigenvalue weighted by Gasteiger charge is -2.39. The standard InChI is InChI=1S/C9H16N4O2.C9H18N2O2.CH4O/c1-9(2,3)15-8(14)13-5-7(6-13)4-11-12-10;1-9(2,3)13-8(12)11-5-7(4-10)6-11;1-2/h7H,4-6H2,1-3H3;7H,4-6,10H2,1-3H3;2H,1H3. The molecular weight excluding hydrogens is 392 g/mol. The number of hydrogen-bond acceptors (Lipinski definition) is 7. The number of carbonyl (C=O) groups excluding carboxylic acids is 2. The summed E-state index contributed by atoms with van der Waals surface area (Å²) in [4.78, 5) is 28.8. The molecule has 0 unspecified atom stereocenters. The summed E-state index contributed by atoms with van der Waals surface area (Å²) >= 11 is 0. The summed E-state index contributed by atoms with van der Waals surface area (Å²) in [5.74, 6) is 0.751. The molecule has 0 atom stereocenters. The van der Waals surface area contributed by atoms with Crippen molar-refractivity contribution in [3.63, 3.8) is 0 Å². The van der Waals surface area contributed by atoms with E-state index in [0.29, 0.717) is 32.1 Å². The Bertz CT molecular complexity index is 583. The van der Waals surface area contributed by atoms with Gasteiger partial charge in [0.15, 0.2) is 0 Å². The molecular formula is C19H38N6O5. The molecule has 30 heavy (non-hydrogen) atoms. The SMILES string of the molecule is CC(C)(C)OC(=O)N1CC(CN)C1.CC(C)(C)OC(=O)N1CC(CN=[N+]=[N-])C1.CO. The van der Waals surface area contributed by atoms with Crippen molar-refractivity contribution in [2.75, 3.05) is 46.4 Å². The number of hydrogen-bond donors (Lipinski definition) is 2. The summed E-state index contributed by atoms with van der Waals surface area (Å²) in [5.41, 5.74) is 12.7. The quantitative estimate of drug-likeness (QED) is 0.398. The number of rotatable bonds is 3. The molecule has 174 valence electrons. The lowest BCUT2D eigenvalue weighted by molar-refractivity contribution is -0.000503. The molecule has 2 rings (SSSR count). The molecule has 2 fully saturated rings. The summed E-state index contributed by atoms with van der Waals surface area (Å²) in [6, 6.07) is 0. The second-order valence-electron chi connectivity index (χ2n) is 9.15. The van der Waals surface area contributed by atoms with Gasteiger partial charge in [0.05, 0.1) is 0 Å². The molecule has 3 N–H and O–H groups in total. The summed E-state index contributed by atoms with van der Waals surface area (Å²) in [6.45, 7) is 14.9. The highest BCUT2D eigenvalue weighted by Gasteiger charge is 2.33. The van der Waals surface area contributed by atoms with Gasteiger partial charge in [0.1, 0.15) is 11.2 Å². The fraction of sp³-hybridized carbons (Fsp3) is 0.895. The van der Waals surface area contributed by atoms with Gasteiger partial charge in [-0.05, 0) is 59.5 Å². The van der Waals surface area contributed by atoms with Gasteiger partial charge < -0.3 is 30.1 Å². The van der Waals surface area contributed by atoms with Crippen LogP contribution in [0.3, 0.4) is 0 Å². The fourth-order valence-electron chi connectivity index (χ4n) is 2.51. The normalized spacial score (nSPS) is 16.4. The van der Waals surface area contributed by atoms with Crippen LogP contribution in [0.15, 0.2) is 5.11 Å². The molecule has 0 radical (unpaired) electrons. The van der Waals surface area contributed by atoms with Gasteiger partial charge in [-0.3, -0.25) is 0 Å². The molecule has 2 saturated heterocycles. The van der Waals surface area contributed by atoms with Crippen LogP contribution < -0.4 is 5.73 Å². The van der Waals surface area contributed by atoms with Crippen LogP contribution in [0.2, 0.25) is 0 Å². The van der Waals surface area contributed by atoms with Gasteiger partial charge in [-0.15, -0.1) is 0 Å². The van der Waals surface area contributed by atoms with E-state index >= 15 is 0 Å². The fourth-order valence-corrected chi connectivity index (χ4v) is 2.51. The smallest absolute Gasteiger partial charge is 0.410 e. The number of likely N-dealkylation sites (tertiary alicyclic amines) is 2. The molecule has 11 nitrogen and oxygen atoms in total. The third kappa shape index (κ3) is 11.1. The topological polar surface area (TPSA) is 154 Å². The Balaban J connectivity index is 0.000000522. The van der Waals surface area contributed by atoms with Crippen LogP contribution in [-0.4, -0.2) is 84.7 Å². The van der Waals surface area contributed by atoms with E-state index in [4.69, 9.17) is 25.8 Å². The van der Waals surface area contributed by atoms with Crippen molar-refractivity contribution in [3.05, 3.63) is 10.4 Å². The van der Waals surface area contributed by atoms with Crippen LogP contribution >= 0.6 is 0 Å². The van der Waals surface area contributed by atoms with Crippen LogP contribution in [0.5, 0.6) is 0 Å². The maximum Gasteiger partial charge on any atom is 0.410 e. The molecule has 0 aliphatic carbocycles. The molecule has 0 aromatic heterocycles. The number of nitrogens with zero attached hydrogens (tertiary/aromatic N) is 5. The number of aliphatic hydroxyl groups excluding tert-OH is 1. The summed E-state index contributed by atoms with van der Waals surface area (Å²) in [5, 5.41) is 10.5. The first-order valence-corrected chi connectivity index (χ1v) is 9.96. The zero-order valence-corrected chi connectivity index (χ0v) is 19.3. The molecule has 0 aromatic rings. The van der Waals surface area contributed by atoms with Gasteiger partial charge in [-0.1, -0.05) is 5.11 Å². The summed E-state index contributed by atoms with van der Waals surface area (Å²) in [7, 11) is 1.00. The first-order valence-electron chi connectivity index (χ1n) is 9.96. The van der Waals surface area contributed by atoms with Crippen molar-refractivity contribution in [2.45, 2.75) is 52.7 Å². The average Bonchev–Trinajstić information content (AvgIpc) is 2.51. The third-order valence-electron chi connectivity index (χ3n) is 3.95. The molecule has 0 spiro atoms. The predicted molar refractivity (Wildman–Crippen MR) is 114 cm³/mol. The van der Waals surface area contributed by atoms with Gasteiger partial charge in [-0.2, -0.15) is 0 Å². The highest BCUT2D eigenvalue weighted by molar-refractivity contribution is 5.69. The van der Waals surface area contributed by atoms with E-state index in [9.17, 15) is 9.59 Å². The largest absolute Gasteiger partial charge is 0.444 e. The minimum atomic E-state index is -0.451. The van der Waals surface area contributed by atoms with E-state index in [1.807, 2.05) is 41.5 Å². The van der Waals surface area contributed by atoms with Crippen molar-refractivity contribution in [3.8, 4) is 0 Å². The minimum absolute atomic E-state index is 0.225. The van der Waals surface area contributed by atoms with Gasteiger partial charge in [-0.25, -0.2) is 9.59 Å². The minimum Gasteiger partial charge on any atom is -0.444 e. The number of carbonyl (C=O) groups is 2. The zero-order chi connectivity index (χ0) is 23.5. The van der Waals surface area contributed by atoms with E-state index in [2.05, 4.69) is 10.0 Å². The number of aliphatic hydroxyl groups is 1. The van der Waals surface area contributed by atoms with Crippen molar-refractivity contribution >= 4 is 12.2 Å². The molecule has 0 bridgehead atoms. The number of ether oxygens (including phenoxy) is 2. The van der Waals surface area contributed by atoms with Crippen LogP contribution in [0.25, 0.3) is 10.4 Å². The average molecular weight is 431 g/mol. The molecule has 2 aliphatic rings. The van der Waals surface area contributed by atoms with Crippen molar-refractivity contribution in [1.29, 1.82) is 0 Å². The molecule has 2 amide bonds. The van der Waals surface area contributed by atoms with Crippen LogP contribution in [0.1, 0.15) is 41.5 Å². The Morgan fingerprint density at radius 3 is 1.63 bits per heavy atom. The summed E-state index contributed by atoms with van der Waals surface area (Å²) in [6.07, 6.45) is -0.517. The first kappa shape index (κ1) is 27.8. The van der Waals surface area contributed by atoms with E-state index in [-0.39, 0.29) is 18.1 Å². The zero-order valence-electron chi connectivity index (χ0n) is 19.3. The van der Waals surface area contributed by atoms with Crippen molar-refractivity contribution < 1.29 is 24.2 Å². The van der Waals surface area contributed by atoms with E-state index in [0.717, 1.165) is 20.2 Å². The molecule has 2 aliphatic heterocycles. The van der Waals surface area contributed by atoms with Crippen molar-refractivity contribution in [1.82, 2.24) is 9.80 Å². The Hall–Kier alpha value is -2.23. The molecule has 0 saturated carbocycles. The lowest BCUT2D eigenvalue weighted by atomic mass is 10.0. The first-order chi connectivity index (χ1) is 13.8. The van der Waals surface area contributed by atoms with Gasteiger partial charge in [0.2, 0.25) is 0 Å². The lowest BCUT2D eigenvalue weighted by Crippen LogP contribution is -2.53. The Morgan fingerprint density at radius 2 is 1.33 bits per heavy atom. The summed E-state index contributed by atoms with van der Waals surface area (Å²) < 4.78 is 10.4. The Labute approximate surface area is 179 Å². The number of azide groups is 1. The third-order valence-corrected chi connectivity index (χ3v) is 3.95. The van der Waals surface area contributed by atoms with E-state index < -0.39 is 11.2 Å². The molecule has 2 heterocycles. The maximum absolute atomic E-state index is 11.5. The van der Waals surface area contributed by atoms with Gasteiger partial charge >= 0.3 is 12.2 Å². The van der Waals surface area contributed by atoms with Crippen LogP contribution in [-0.2, 0) is 9.47 Å². The van der Waals surface area contributed by atoms with Gasteiger partial charge in [0, 0.05) is 50.7 Å². The van der Waals surface area contributed by atoms with Gasteiger partial charge in [0.25, 0.3) is 0 Å². The van der Waals surface area contributed by atoms with Crippen LogP contribution in [0, 0.1) is 11.8 Å². The number of nitrogens with two attached hydrogens (primary N) is 1. The van der Waals surface area contributed by atoms with E-state index in [1.54, 1.807) is 9.80 Å². The second kappa shape index (κ2) is 12.5. The Morgan fingerprint density at radius 1 is 0.967 bits per heavy atom. The van der Waals surface area contributed by atoms with E-state index in [1.165, 1.54) is 0 Å². The Kier molecular flexibility index (Phi) is 11.5. The highest BCUT2D eigenvalue weighted by Crippen LogP contribution is 2.20. The molecule has 11 heteroatoms. The molecule has 0 aromatic carbocycles. The highest BCUT2D eigenvalue weighted by atomic mass is 16.6. The second-order valence-corrected chi connectivity index (χ2v) is 9.15.